The normalized spacial score (nSPS) is 18.6. The van der Waals surface area contributed by atoms with Gasteiger partial charge in [-0.3, -0.25) is 9.78 Å². The number of nitrogens with one attached hydrogen (secondary N) is 1. The largest absolute Gasteiger partial charge is 0.391 e. The second-order valence-corrected chi connectivity index (χ2v) is 9.63. The van der Waals surface area contributed by atoms with Crippen molar-refractivity contribution in [2.45, 2.75) is 50.5 Å². The Balaban J connectivity index is 1.53. The number of carbonyl (C=O) groups is 1. The van der Waals surface area contributed by atoms with Crippen molar-refractivity contribution in [1.29, 1.82) is 0 Å². The fourth-order valence-corrected chi connectivity index (χ4v) is 5.11. The molecule has 1 atom stereocenters. The van der Waals surface area contributed by atoms with Crippen LogP contribution in [-0.4, -0.2) is 50.1 Å². The Bertz CT molecular complexity index is 1230. The van der Waals surface area contributed by atoms with E-state index in [1.54, 1.807) is 23.4 Å². The van der Waals surface area contributed by atoms with Crippen LogP contribution in [0.3, 0.4) is 0 Å². The van der Waals surface area contributed by atoms with Crippen LogP contribution >= 0.6 is 11.6 Å². The molecule has 1 aliphatic heterocycles. The van der Waals surface area contributed by atoms with Crippen molar-refractivity contribution >= 4 is 29.0 Å². The van der Waals surface area contributed by atoms with Gasteiger partial charge in [-0.25, -0.2) is 14.4 Å². The monoisotopic (exact) mass is 495 g/mol. The topological polar surface area (TPSA) is 91.2 Å². The Morgan fingerprint density at radius 2 is 1.97 bits per heavy atom. The van der Waals surface area contributed by atoms with Crippen molar-refractivity contribution in [2.75, 3.05) is 18.4 Å². The lowest BCUT2D eigenvalue weighted by Gasteiger charge is -2.30. The highest BCUT2D eigenvalue weighted by Crippen LogP contribution is 2.39. The van der Waals surface area contributed by atoms with Gasteiger partial charge >= 0.3 is 0 Å². The maximum Gasteiger partial charge on any atom is 0.257 e. The van der Waals surface area contributed by atoms with Crippen LogP contribution in [0.25, 0.3) is 11.4 Å². The summed E-state index contributed by atoms with van der Waals surface area (Å²) in [5.74, 6) is 0.388. The van der Waals surface area contributed by atoms with Crippen LogP contribution in [0.4, 0.5) is 15.9 Å². The van der Waals surface area contributed by atoms with Crippen molar-refractivity contribution < 1.29 is 14.3 Å². The lowest BCUT2D eigenvalue weighted by molar-refractivity contribution is 0.0474. The minimum absolute atomic E-state index is 0.197. The number of carbonyl (C=O) groups excluding carboxylic acids is 1. The Hall–Kier alpha value is -3.10. The number of benzene rings is 1. The molecule has 0 radical (unpaired) electrons. The Morgan fingerprint density at radius 3 is 2.77 bits per heavy atom. The van der Waals surface area contributed by atoms with E-state index in [1.807, 2.05) is 0 Å². The van der Waals surface area contributed by atoms with Gasteiger partial charge in [-0.05, 0) is 55.9 Å². The van der Waals surface area contributed by atoms with E-state index >= 15 is 0 Å². The molecule has 1 unspecified atom stereocenters. The maximum absolute atomic E-state index is 14.6. The average Bonchev–Trinajstić information content (AvgIpc) is 3.40. The van der Waals surface area contributed by atoms with E-state index in [4.69, 9.17) is 16.6 Å². The number of anilines is 2. The van der Waals surface area contributed by atoms with Gasteiger partial charge < -0.3 is 15.3 Å². The zero-order valence-corrected chi connectivity index (χ0v) is 20.0. The van der Waals surface area contributed by atoms with Gasteiger partial charge in [0.25, 0.3) is 5.91 Å². The zero-order chi connectivity index (χ0) is 24.4. The molecule has 1 aliphatic carbocycles. The average molecular weight is 496 g/mol. The number of halogens is 2. The number of aliphatic hydroxyl groups is 1. The zero-order valence-electron chi connectivity index (χ0n) is 19.3. The summed E-state index contributed by atoms with van der Waals surface area (Å²) in [4.78, 5) is 28.3. The third-order valence-electron chi connectivity index (χ3n) is 6.77. The number of nitrogens with zero attached hydrogens (tertiary/aromatic N) is 4. The Kier molecular flexibility index (Phi) is 6.92. The molecule has 2 aromatic heterocycles. The third kappa shape index (κ3) is 5.13. The molecule has 0 bridgehead atoms. The smallest absolute Gasteiger partial charge is 0.257 e. The van der Waals surface area contributed by atoms with E-state index < -0.39 is 11.9 Å². The number of amides is 1. The highest BCUT2D eigenvalue weighted by Gasteiger charge is 2.27. The third-order valence-corrected chi connectivity index (χ3v) is 7.00. The predicted molar refractivity (Wildman–Crippen MR) is 132 cm³/mol. The molecule has 3 aromatic rings. The maximum atomic E-state index is 14.6. The molecule has 2 aliphatic rings. The molecule has 1 saturated carbocycles. The second-order valence-electron chi connectivity index (χ2n) is 9.20. The van der Waals surface area contributed by atoms with Crippen molar-refractivity contribution in [3.05, 3.63) is 64.8 Å². The van der Waals surface area contributed by atoms with E-state index in [2.05, 4.69) is 15.3 Å². The van der Waals surface area contributed by atoms with E-state index in [0.29, 0.717) is 41.6 Å². The molecular formula is C26H27ClFN5O2. The quantitative estimate of drug-likeness (QED) is 0.497. The standard InChI is InChI=1S/C26H27ClFN5O2/c27-17-7-8-22(28)19(12-17)24-30-14-20(16-4-1-2-5-16)25(32-24)31-23-9-10-29-13-21(23)26(35)33-11-3-6-18(34)15-33/h7-10,12-14,16,18,34H,1-6,11,15H2,(H,29,30,31,32). The highest BCUT2D eigenvalue weighted by molar-refractivity contribution is 6.30. The Labute approximate surface area is 208 Å². The van der Waals surface area contributed by atoms with Gasteiger partial charge in [-0.2, -0.15) is 0 Å². The van der Waals surface area contributed by atoms with E-state index in [9.17, 15) is 14.3 Å². The first-order chi connectivity index (χ1) is 17.0. The minimum Gasteiger partial charge on any atom is -0.391 e. The van der Waals surface area contributed by atoms with Crippen LogP contribution in [0.15, 0.2) is 42.9 Å². The molecule has 5 rings (SSSR count). The number of β-amino-alcohol motifs (C(OH)–C–C–N with tert-alkyl or cyclic N) is 1. The summed E-state index contributed by atoms with van der Waals surface area (Å²) in [5, 5.41) is 13.8. The molecule has 9 heteroatoms. The summed E-state index contributed by atoms with van der Waals surface area (Å²) in [6, 6.07) is 6.02. The van der Waals surface area contributed by atoms with Crippen LogP contribution in [0, 0.1) is 5.82 Å². The summed E-state index contributed by atoms with van der Waals surface area (Å²) in [6.45, 7) is 0.884. The fourth-order valence-electron chi connectivity index (χ4n) is 4.94. The van der Waals surface area contributed by atoms with Crippen molar-refractivity contribution in [1.82, 2.24) is 19.9 Å². The van der Waals surface area contributed by atoms with Crippen LogP contribution < -0.4 is 5.32 Å². The molecule has 1 saturated heterocycles. The van der Waals surface area contributed by atoms with Gasteiger partial charge in [0.05, 0.1) is 22.9 Å². The summed E-state index contributed by atoms with van der Waals surface area (Å²) in [6.07, 6.45) is 10.1. The SMILES string of the molecule is O=C(c1cnccc1Nc1nc(-c2cc(Cl)ccc2F)ncc1C1CCCC1)N1CCCC(O)C1. The number of pyridine rings is 1. The summed E-state index contributed by atoms with van der Waals surface area (Å²) in [7, 11) is 0. The molecule has 3 heterocycles. The van der Waals surface area contributed by atoms with E-state index in [1.165, 1.54) is 24.4 Å². The first-order valence-corrected chi connectivity index (χ1v) is 12.4. The number of hydrogen-bond acceptors (Lipinski definition) is 6. The molecule has 1 amide bonds. The number of aliphatic hydroxyl groups excluding tert-OH is 1. The molecule has 0 spiro atoms. The molecule has 2 fully saturated rings. The van der Waals surface area contributed by atoms with E-state index in [0.717, 1.165) is 37.7 Å². The van der Waals surface area contributed by atoms with Crippen LogP contribution in [0.1, 0.15) is 60.4 Å². The first kappa shape index (κ1) is 23.6. The van der Waals surface area contributed by atoms with Gasteiger partial charge in [-0.15, -0.1) is 0 Å². The number of hydrogen-bond donors (Lipinski definition) is 2. The molecule has 2 N–H and O–H groups in total. The van der Waals surface area contributed by atoms with Gasteiger partial charge in [-0.1, -0.05) is 24.4 Å². The predicted octanol–water partition coefficient (Wildman–Crippen LogP) is 5.33. The lowest BCUT2D eigenvalue weighted by Crippen LogP contribution is -2.42. The van der Waals surface area contributed by atoms with Gasteiger partial charge in [0, 0.05) is 42.3 Å². The van der Waals surface area contributed by atoms with Gasteiger partial charge in [0.2, 0.25) is 0 Å². The van der Waals surface area contributed by atoms with Crippen LogP contribution in [0.2, 0.25) is 5.02 Å². The van der Waals surface area contributed by atoms with Crippen LogP contribution in [-0.2, 0) is 0 Å². The molecule has 182 valence electrons. The summed E-state index contributed by atoms with van der Waals surface area (Å²) >= 11 is 6.11. The first-order valence-electron chi connectivity index (χ1n) is 12.0. The molecule has 1 aromatic carbocycles. The molecule has 7 nitrogen and oxygen atoms in total. The van der Waals surface area contributed by atoms with Crippen molar-refractivity contribution in [2.24, 2.45) is 0 Å². The minimum atomic E-state index is -0.522. The van der Waals surface area contributed by atoms with Gasteiger partial charge in [0.1, 0.15) is 11.6 Å². The summed E-state index contributed by atoms with van der Waals surface area (Å²) in [5.41, 5.74) is 2.11. The van der Waals surface area contributed by atoms with Crippen LogP contribution in [0.5, 0.6) is 0 Å². The summed E-state index contributed by atoms with van der Waals surface area (Å²) < 4.78 is 14.6. The fraction of sp³-hybridized carbons (Fsp3) is 0.385. The van der Waals surface area contributed by atoms with E-state index in [-0.39, 0.29) is 23.2 Å². The van der Waals surface area contributed by atoms with Crippen molar-refractivity contribution in [3.63, 3.8) is 0 Å². The Morgan fingerprint density at radius 1 is 1.14 bits per heavy atom. The van der Waals surface area contributed by atoms with Gasteiger partial charge in [0.15, 0.2) is 5.82 Å². The van der Waals surface area contributed by atoms with Crippen molar-refractivity contribution in [3.8, 4) is 11.4 Å². The number of aromatic nitrogens is 3. The lowest BCUT2D eigenvalue weighted by atomic mass is 9.99. The second kappa shape index (κ2) is 10.3. The molecule has 35 heavy (non-hydrogen) atoms. The number of rotatable bonds is 5. The molecular weight excluding hydrogens is 469 g/mol. The number of piperidine rings is 1. The number of likely N-dealkylation sites (tertiary alicyclic amines) is 1. The highest BCUT2D eigenvalue weighted by atomic mass is 35.5.